The zero-order valence-electron chi connectivity index (χ0n) is 9.23. The Morgan fingerprint density at radius 1 is 1.50 bits per heavy atom. The van der Waals surface area contributed by atoms with Gasteiger partial charge in [0.25, 0.3) is 0 Å². The van der Waals surface area contributed by atoms with Gasteiger partial charge in [-0.3, -0.25) is 9.79 Å². The Labute approximate surface area is 106 Å². The number of hydrogen-bond acceptors (Lipinski definition) is 3. The van der Waals surface area contributed by atoms with Gasteiger partial charge in [0.2, 0.25) is 0 Å². The quantitative estimate of drug-likeness (QED) is 0.156. The van der Waals surface area contributed by atoms with E-state index >= 15 is 0 Å². The summed E-state index contributed by atoms with van der Waals surface area (Å²) >= 11 is 0. The summed E-state index contributed by atoms with van der Waals surface area (Å²) in [6, 6.07) is -0.820. The maximum absolute atomic E-state index is 10.2. The molecule has 0 aromatic heterocycles. The van der Waals surface area contributed by atoms with Gasteiger partial charge in [-0.1, -0.05) is 0 Å². The molecule has 0 fully saturated rings. The molecule has 0 saturated heterocycles. The van der Waals surface area contributed by atoms with Crippen LogP contribution in [0.2, 0.25) is 0 Å². The summed E-state index contributed by atoms with van der Waals surface area (Å²) in [5.41, 5.74) is 15.3. The third kappa shape index (κ3) is 11.7. The summed E-state index contributed by atoms with van der Waals surface area (Å²) in [6.45, 7) is 0.420. The van der Waals surface area contributed by atoms with Gasteiger partial charge < -0.3 is 29.2 Å². The summed E-state index contributed by atoms with van der Waals surface area (Å²) in [4.78, 5) is 13.9. The monoisotopic (exact) mass is 216 g/mol. The summed E-state index contributed by atoms with van der Waals surface area (Å²) in [5.74, 6) is -0.987. The number of aliphatic imine (C=N–C) groups is 1. The van der Waals surface area contributed by atoms with E-state index in [1.165, 1.54) is 0 Å². The number of carboxylic acids is 1. The van der Waals surface area contributed by atoms with Crippen LogP contribution in [0.1, 0.15) is 14.3 Å². The second-order valence-electron chi connectivity index (χ2n) is 2.39. The second-order valence-corrected chi connectivity index (χ2v) is 2.39. The molecule has 0 aromatic carbocycles. The van der Waals surface area contributed by atoms with E-state index in [9.17, 15) is 4.79 Å². The topological polar surface area (TPSA) is 159 Å². The largest absolute Gasteiger partial charge is 1.00 e. The summed E-state index contributed by atoms with van der Waals surface area (Å²) < 4.78 is 0. The van der Waals surface area contributed by atoms with Crippen molar-refractivity contribution in [2.45, 2.75) is 18.9 Å². The van der Waals surface area contributed by atoms with Crippen molar-refractivity contribution in [2.24, 2.45) is 22.2 Å². The Bertz CT molecular complexity index is 189. The molecule has 80 valence electrons. The number of nitrogens with zero attached hydrogens (tertiary/aromatic N) is 1. The predicted octanol–water partition coefficient (Wildman–Crippen LogP) is -5.26. The average Bonchev–Trinajstić information content (AvgIpc) is 1.97. The molecule has 0 bridgehead atoms. The minimum absolute atomic E-state index is 0. The first kappa shape index (κ1) is 19.3. The van der Waals surface area contributed by atoms with Crippen molar-refractivity contribution < 1.29 is 46.4 Å². The molecular formula is C6H17N4NaO3. The maximum atomic E-state index is 10.2. The molecule has 0 heterocycles. The van der Waals surface area contributed by atoms with Crippen LogP contribution in [0.5, 0.6) is 0 Å². The molecule has 0 aliphatic heterocycles. The van der Waals surface area contributed by atoms with E-state index in [0.717, 1.165) is 0 Å². The number of carboxylic acid groups (broad SMARTS) is 1. The van der Waals surface area contributed by atoms with Crippen LogP contribution in [0.25, 0.3) is 0 Å². The molecule has 1 atom stereocenters. The van der Waals surface area contributed by atoms with E-state index in [2.05, 4.69) is 4.99 Å². The normalized spacial score (nSPS) is 10.4. The molecule has 0 aliphatic rings. The van der Waals surface area contributed by atoms with Crippen molar-refractivity contribution >= 4 is 11.9 Å². The fourth-order valence-electron chi connectivity index (χ4n) is 0.643. The molecule has 0 spiro atoms. The first-order valence-corrected chi connectivity index (χ1v) is 3.58. The van der Waals surface area contributed by atoms with Crippen LogP contribution in [0.3, 0.4) is 0 Å². The number of rotatable bonds is 5. The SMILES string of the molecule is NC(N)=NCCC[C@H](N)C(=O)O.O.[H-].[Na+]. The predicted molar refractivity (Wildman–Crippen MR) is 50.2 cm³/mol. The van der Waals surface area contributed by atoms with Crippen LogP contribution in [-0.2, 0) is 4.79 Å². The average molecular weight is 216 g/mol. The van der Waals surface area contributed by atoms with Gasteiger partial charge in [0, 0.05) is 6.54 Å². The molecule has 0 rings (SSSR count). The zero-order valence-corrected chi connectivity index (χ0v) is 10.2. The maximum Gasteiger partial charge on any atom is 1.00 e. The first-order chi connectivity index (χ1) is 5.54. The summed E-state index contributed by atoms with van der Waals surface area (Å²) in [5, 5.41) is 8.38. The molecule has 7 nitrogen and oxygen atoms in total. The van der Waals surface area contributed by atoms with Gasteiger partial charge in [-0.15, -0.1) is 0 Å². The molecule has 0 amide bonds. The van der Waals surface area contributed by atoms with Gasteiger partial charge >= 0.3 is 35.5 Å². The fraction of sp³-hybridized carbons (Fsp3) is 0.667. The van der Waals surface area contributed by atoms with E-state index in [1.807, 2.05) is 0 Å². The Balaban J connectivity index is -0.000000202. The van der Waals surface area contributed by atoms with Crippen molar-refractivity contribution in [1.82, 2.24) is 0 Å². The van der Waals surface area contributed by atoms with Crippen LogP contribution >= 0.6 is 0 Å². The van der Waals surface area contributed by atoms with Crippen molar-refractivity contribution in [3.8, 4) is 0 Å². The molecule has 9 N–H and O–H groups in total. The smallest absolute Gasteiger partial charge is 1.00 e. The van der Waals surface area contributed by atoms with E-state index in [-0.39, 0.29) is 42.4 Å². The van der Waals surface area contributed by atoms with Crippen molar-refractivity contribution in [2.75, 3.05) is 6.54 Å². The molecule has 0 unspecified atom stereocenters. The van der Waals surface area contributed by atoms with E-state index in [0.29, 0.717) is 19.4 Å². The Hall–Kier alpha value is -0.340. The molecular weight excluding hydrogens is 199 g/mol. The number of hydrogen-bond donors (Lipinski definition) is 4. The van der Waals surface area contributed by atoms with E-state index in [1.54, 1.807) is 0 Å². The third-order valence-electron chi connectivity index (χ3n) is 1.28. The molecule has 8 heteroatoms. The second kappa shape index (κ2) is 10.7. The standard InChI is InChI=1S/C6H14N4O2.Na.H2O.H/c7-4(5(11)12)2-1-3-10-6(8)9;;;/h4H,1-3,7H2,(H,11,12)(H4,8,9,10);;1H2;/q;+1;;-1/t4-;;;/m0.../s1. The molecule has 14 heavy (non-hydrogen) atoms. The Morgan fingerprint density at radius 2 is 2.00 bits per heavy atom. The van der Waals surface area contributed by atoms with Crippen LogP contribution in [0.15, 0.2) is 4.99 Å². The zero-order chi connectivity index (χ0) is 9.56. The van der Waals surface area contributed by atoms with E-state index < -0.39 is 12.0 Å². The van der Waals surface area contributed by atoms with Crippen molar-refractivity contribution in [3.63, 3.8) is 0 Å². The van der Waals surface area contributed by atoms with Gasteiger partial charge in [0.1, 0.15) is 6.04 Å². The minimum Gasteiger partial charge on any atom is -1.00 e. The van der Waals surface area contributed by atoms with E-state index in [4.69, 9.17) is 22.3 Å². The fourth-order valence-corrected chi connectivity index (χ4v) is 0.643. The number of aliphatic carboxylic acids is 1. The van der Waals surface area contributed by atoms with Gasteiger partial charge in [-0.25, -0.2) is 0 Å². The van der Waals surface area contributed by atoms with Gasteiger partial charge in [0.15, 0.2) is 5.96 Å². The number of guanidine groups is 1. The molecule has 0 aromatic rings. The van der Waals surface area contributed by atoms with Crippen molar-refractivity contribution in [1.29, 1.82) is 0 Å². The number of carbonyl (C=O) groups is 1. The van der Waals surface area contributed by atoms with Crippen LogP contribution < -0.4 is 46.8 Å². The summed E-state index contributed by atoms with van der Waals surface area (Å²) in [7, 11) is 0. The van der Waals surface area contributed by atoms with Gasteiger partial charge in [0.05, 0.1) is 0 Å². The van der Waals surface area contributed by atoms with Crippen molar-refractivity contribution in [3.05, 3.63) is 0 Å². The van der Waals surface area contributed by atoms with Gasteiger partial charge in [-0.05, 0) is 12.8 Å². The molecule has 0 saturated carbocycles. The van der Waals surface area contributed by atoms with Crippen LogP contribution in [0, 0.1) is 0 Å². The Morgan fingerprint density at radius 3 is 2.36 bits per heavy atom. The third-order valence-corrected chi connectivity index (χ3v) is 1.28. The minimum atomic E-state index is -1.00. The molecule has 0 aliphatic carbocycles. The summed E-state index contributed by atoms with van der Waals surface area (Å²) in [6.07, 6.45) is 0.956. The van der Waals surface area contributed by atoms with Crippen LogP contribution in [0.4, 0.5) is 0 Å². The number of nitrogens with two attached hydrogens (primary N) is 3. The van der Waals surface area contributed by atoms with Crippen LogP contribution in [-0.4, -0.2) is 35.1 Å². The first-order valence-electron chi connectivity index (χ1n) is 3.58. The molecule has 0 radical (unpaired) electrons. The van der Waals surface area contributed by atoms with Gasteiger partial charge in [-0.2, -0.15) is 0 Å². The Kier molecular flexibility index (Phi) is 14.8.